The van der Waals surface area contributed by atoms with Gasteiger partial charge in [-0.2, -0.15) is 19.4 Å². The molecule has 0 radical (unpaired) electrons. The van der Waals surface area contributed by atoms with E-state index in [1.54, 1.807) is 20.2 Å². The van der Waals surface area contributed by atoms with Crippen molar-refractivity contribution in [3.8, 4) is 0 Å². The zero-order valence-electron chi connectivity index (χ0n) is 18.2. The molecule has 0 bridgehead atoms. The van der Waals surface area contributed by atoms with Crippen molar-refractivity contribution in [2.24, 2.45) is 13.0 Å². The molecule has 3 aliphatic carbocycles. The van der Waals surface area contributed by atoms with Crippen LogP contribution in [0.1, 0.15) is 31.7 Å². The number of nitrogens with one attached hydrogen (secondary N) is 1. The molecule has 1 aromatic heterocycles. The van der Waals surface area contributed by atoms with Gasteiger partial charge >= 0.3 is 11.9 Å². The molecule has 1 aliphatic heterocycles. The minimum Gasteiger partial charge on any atom is -0.275 e. The number of carbonyl (C=O) groups is 2. The van der Waals surface area contributed by atoms with Gasteiger partial charge in [-0.25, -0.2) is 26.7 Å². The lowest BCUT2D eigenvalue weighted by atomic mass is 9.99. The number of rotatable bonds is 7. The van der Waals surface area contributed by atoms with Crippen LogP contribution in [-0.4, -0.2) is 68.6 Å². The summed E-state index contributed by atoms with van der Waals surface area (Å²) in [5, 5.41) is 2.91. The van der Waals surface area contributed by atoms with Crippen molar-refractivity contribution in [2.45, 2.75) is 49.4 Å². The standard InChI is InChI=1S/C21H24F2N5O4S/c1-20(5-6-20)25-33(31,32)15-3-4-17-16(7-15)18(29)28(11-13-9-24-26(2)10-13)19(30)27(17)12-14-8-21(14,22)23/h3-4,7,9-10,14-15,25H,5-6,8,11-12H2,1-2H3/q+1. The number of halogens is 2. The number of carbonyl (C=O) groups excluding carboxylic acids is 2. The van der Waals surface area contributed by atoms with Crippen molar-refractivity contribution >= 4 is 27.7 Å². The van der Waals surface area contributed by atoms with Crippen molar-refractivity contribution in [1.82, 2.24) is 19.4 Å². The number of aryl methyl sites for hydroxylation is 1. The predicted molar refractivity (Wildman–Crippen MR) is 113 cm³/mol. The van der Waals surface area contributed by atoms with E-state index in [4.69, 9.17) is 0 Å². The molecule has 2 unspecified atom stereocenters. The van der Waals surface area contributed by atoms with Gasteiger partial charge in [-0.3, -0.25) is 4.68 Å². The Kier molecular flexibility index (Phi) is 4.77. The van der Waals surface area contributed by atoms with E-state index in [1.165, 1.54) is 29.1 Å². The topological polar surface area (TPSA) is 104 Å². The number of amides is 3. The summed E-state index contributed by atoms with van der Waals surface area (Å²) in [4.78, 5) is 27.4. The number of allylic oxidation sites excluding steroid dienone is 1. The number of urea groups is 1. The highest BCUT2D eigenvalue weighted by atomic mass is 32.2. The van der Waals surface area contributed by atoms with E-state index in [0.717, 1.165) is 22.3 Å². The Labute approximate surface area is 189 Å². The summed E-state index contributed by atoms with van der Waals surface area (Å²) in [6.45, 7) is 1.44. The number of imide groups is 1. The largest absolute Gasteiger partial charge is 0.501 e. The SMILES string of the molecule is Cn1cc(CN2C(=O)C3=CC(S(=O)(=O)NC4(C)CC4)C=CC3=[N+](CC3CC3(F)F)C2=O)cn1. The van der Waals surface area contributed by atoms with Crippen LogP contribution in [0.15, 0.2) is 36.2 Å². The number of sulfonamides is 1. The molecule has 0 saturated heterocycles. The zero-order chi connectivity index (χ0) is 23.8. The van der Waals surface area contributed by atoms with E-state index in [0.29, 0.717) is 5.56 Å². The van der Waals surface area contributed by atoms with E-state index in [1.807, 2.05) is 0 Å². The number of hydrogen-bond donors (Lipinski definition) is 1. The summed E-state index contributed by atoms with van der Waals surface area (Å²) in [6.07, 6.45) is 8.33. The Balaban J connectivity index is 1.51. The Morgan fingerprint density at radius 3 is 2.58 bits per heavy atom. The fourth-order valence-corrected chi connectivity index (χ4v) is 5.74. The highest BCUT2D eigenvalue weighted by Crippen LogP contribution is 2.48. The van der Waals surface area contributed by atoms with Gasteiger partial charge in [0.1, 0.15) is 29.6 Å². The van der Waals surface area contributed by atoms with Gasteiger partial charge in [-0.05, 0) is 31.9 Å². The predicted octanol–water partition coefficient (Wildman–Crippen LogP) is 1.33. The second-order valence-electron chi connectivity index (χ2n) is 9.47. The second-order valence-corrected chi connectivity index (χ2v) is 11.3. The fraction of sp³-hybridized carbons (Fsp3) is 0.524. The molecule has 9 nitrogen and oxygen atoms in total. The first-order valence-corrected chi connectivity index (χ1v) is 12.2. The van der Waals surface area contributed by atoms with Crippen LogP contribution >= 0.6 is 0 Å². The van der Waals surface area contributed by atoms with Crippen molar-refractivity contribution in [3.05, 3.63) is 41.8 Å². The maximum Gasteiger partial charge on any atom is 0.501 e. The highest BCUT2D eigenvalue weighted by Gasteiger charge is 2.60. The van der Waals surface area contributed by atoms with Crippen LogP contribution in [0.25, 0.3) is 0 Å². The zero-order valence-corrected chi connectivity index (χ0v) is 19.0. The third-order valence-electron chi connectivity index (χ3n) is 6.48. The molecule has 2 saturated carbocycles. The Hall–Kier alpha value is -2.73. The summed E-state index contributed by atoms with van der Waals surface area (Å²) < 4.78 is 58.4. The third kappa shape index (κ3) is 4.05. The summed E-state index contributed by atoms with van der Waals surface area (Å²) >= 11 is 0. The molecular weight excluding hydrogens is 456 g/mol. The molecule has 3 amide bonds. The van der Waals surface area contributed by atoms with E-state index < -0.39 is 44.6 Å². The number of nitrogens with zero attached hydrogens (tertiary/aromatic N) is 4. The summed E-state index contributed by atoms with van der Waals surface area (Å²) in [5.74, 6) is -4.52. The van der Waals surface area contributed by atoms with Crippen molar-refractivity contribution in [1.29, 1.82) is 0 Å². The minimum atomic E-state index is -3.82. The molecular formula is C21H24F2N5O4S+. The third-order valence-corrected chi connectivity index (χ3v) is 8.27. The van der Waals surface area contributed by atoms with E-state index >= 15 is 0 Å². The average molecular weight is 481 g/mol. The smallest absolute Gasteiger partial charge is 0.275 e. The fourth-order valence-electron chi connectivity index (χ4n) is 4.11. The molecule has 1 aromatic rings. The molecule has 4 aliphatic rings. The number of hydrogen-bond acceptors (Lipinski definition) is 5. The molecule has 2 atom stereocenters. The van der Waals surface area contributed by atoms with Crippen LogP contribution in [0.2, 0.25) is 0 Å². The van der Waals surface area contributed by atoms with E-state index in [9.17, 15) is 26.8 Å². The van der Waals surface area contributed by atoms with Gasteiger partial charge in [-0.15, -0.1) is 0 Å². The van der Waals surface area contributed by atoms with Crippen molar-refractivity contribution in [3.63, 3.8) is 0 Å². The summed E-state index contributed by atoms with van der Waals surface area (Å²) in [6, 6.07) is -0.715. The molecule has 33 heavy (non-hydrogen) atoms. The van der Waals surface area contributed by atoms with Crippen LogP contribution in [0.5, 0.6) is 0 Å². The maximum absolute atomic E-state index is 13.6. The molecule has 2 fully saturated rings. The molecule has 0 aromatic carbocycles. The van der Waals surface area contributed by atoms with Gasteiger partial charge in [-0.1, -0.05) is 6.08 Å². The van der Waals surface area contributed by atoms with Crippen molar-refractivity contribution in [2.75, 3.05) is 6.54 Å². The number of aromatic nitrogens is 2. The lowest BCUT2D eigenvalue weighted by molar-refractivity contribution is -0.442. The first kappa shape index (κ1) is 22.1. The van der Waals surface area contributed by atoms with Gasteiger partial charge in [0.05, 0.1) is 12.1 Å². The Bertz CT molecular complexity index is 1260. The second kappa shape index (κ2) is 7.13. The van der Waals surface area contributed by atoms with Gasteiger partial charge in [0.15, 0.2) is 0 Å². The quantitative estimate of drug-likeness (QED) is 0.593. The number of fused-ring (bicyclic) bond motifs is 1. The van der Waals surface area contributed by atoms with Crippen LogP contribution in [0, 0.1) is 5.92 Å². The number of alkyl halides is 2. The Morgan fingerprint density at radius 1 is 1.30 bits per heavy atom. The summed E-state index contributed by atoms with van der Waals surface area (Å²) in [5.41, 5.74) is 0.261. The molecule has 1 N–H and O–H groups in total. The lowest BCUT2D eigenvalue weighted by Crippen LogP contribution is -2.52. The maximum atomic E-state index is 13.6. The van der Waals surface area contributed by atoms with Gasteiger partial charge < -0.3 is 0 Å². The first-order chi connectivity index (χ1) is 15.4. The molecule has 2 heterocycles. The van der Waals surface area contributed by atoms with Crippen LogP contribution in [0.3, 0.4) is 0 Å². The molecule has 5 rings (SSSR count). The van der Waals surface area contributed by atoms with Crippen LogP contribution in [-0.2, 0) is 28.4 Å². The van der Waals surface area contributed by atoms with Gasteiger partial charge in [0.2, 0.25) is 10.0 Å². The monoisotopic (exact) mass is 480 g/mol. The normalized spacial score (nSPS) is 27.5. The van der Waals surface area contributed by atoms with Gasteiger partial charge in [0, 0.05) is 30.8 Å². The Morgan fingerprint density at radius 2 is 2.00 bits per heavy atom. The lowest BCUT2D eigenvalue weighted by Gasteiger charge is -2.26. The van der Waals surface area contributed by atoms with E-state index in [-0.39, 0.29) is 30.8 Å². The molecule has 12 heteroatoms. The highest BCUT2D eigenvalue weighted by molar-refractivity contribution is 7.90. The van der Waals surface area contributed by atoms with Crippen molar-refractivity contribution < 1.29 is 31.4 Å². The van der Waals surface area contributed by atoms with E-state index in [2.05, 4.69) is 9.82 Å². The molecule has 0 spiro atoms. The minimum absolute atomic E-state index is 0.0151. The van der Waals surface area contributed by atoms with Crippen LogP contribution < -0.4 is 4.72 Å². The summed E-state index contributed by atoms with van der Waals surface area (Å²) in [7, 11) is -2.13. The average Bonchev–Trinajstić information content (AvgIpc) is 3.54. The first-order valence-electron chi connectivity index (χ1n) is 10.7. The molecule has 176 valence electrons. The van der Waals surface area contributed by atoms with Crippen LogP contribution in [0.4, 0.5) is 13.6 Å². The van der Waals surface area contributed by atoms with Gasteiger partial charge in [0.25, 0.3) is 5.92 Å².